The summed E-state index contributed by atoms with van der Waals surface area (Å²) in [5.41, 5.74) is 6.42. The van der Waals surface area contributed by atoms with Gasteiger partial charge in [-0.05, 0) is 18.6 Å². The van der Waals surface area contributed by atoms with Crippen LogP contribution in [0.2, 0.25) is 0 Å². The van der Waals surface area contributed by atoms with Gasteiger partial charge in [0.2, 0.25) is 5.91 Å². The molecule has 0 aromatic heterocycles. The second-order valence-electron chi connectivity index (χ2n) is 4.03. The van der Waals surface area contributed by atoms with Crippen molar-refractivity contribution in [2.24, 2.45) is 16.8 Å². The summed E-state index contributed by atoms with van der Waals surface area (Å²) in [7, 11) is 1.68. The minimum Gasteiger partial charge on any atom is -0.409 e. The monoisotopic (exact) mass is 313 g/mol. The molecular weight excluding hydrogens is 298 g/mol. The Morgan fingerprint density at radius 2 is 2.17 bits per heavy atom. The van der Waals surface area contributed by atoms with Gasteiger partial charge in [0.25, 0.3) is 0 Å². The van der Waals surface area contributed by atoms with Gasteiger partial charge in [-0.25, -0.2) is 0 Å². The molecule has 1 aromatic rings. The molecule has 5 nitrogen and oxygen atoms in total. The molecule has 1 amide bonds. The van der Waals surface area contributed by atoms with Gasteiger partial charge in [-0.2, -0.15) is 0 Å². The van der Waals surface area contributed by atoms with Gasteiger partial charge < -0.3 is 15.8 Å². The van der Waals surface area contributed by atoms with Gasteiger partial charge in [0.1, 0.15) is 0 Å². The van der Waals surface area contributed by atoms with E-state index in [0.29, 0.717) is 6.54 Å². The highest BCUT2D eigenvalue weighted by Gasteiger charge is 2.21. The molecule has 98 valence electrons. The molecule has 1 rings (SSSR count). The lowest BCUT2D eigenvalue weighted by Gasteiger charge is -2.21. The number of nitrogens with two attached hydrogens (primary N) is 1. The van der Waals surface area contributed by atoms with Crippen LogP contribution in [0.4, 0.5) is 0 Å². The summed E-state index contributed by atoms with van der Waals surface area (Å²) in [4.78, 5) is 13.5. The fourth-order valence-electron chi connectivity index (χ4n) is 1.50. The summed E-state index contributed by atoms with van der Waals surface area (Å²) in [5, 5.41) is 11.4. The maximum atomic E-state index is 12.0. The largest absolute Gasteiger partial charge is 0.409 e. The Morgan fingerprint density at radius 3 is 2.72 bits per heavy atom. The Balaban J connectivity index is 2.75. The first-order valence-corrected chi connectivity index (χ1v) is 6.22. The van der Waals surface area contributed by atoms with E-state index in [0.717, 1.165) is 10.0 Å². The van der Waals surface area contributed by atoms with E-state index in [4.69, 9.17) is 10.9 Å². The number of hydrogen-bond acceptors (Lipinski definition) is 3. The van der Waals surface area contributed by atoms with Crippen LogP contribution in [0.5, 0.6) is 0 Å². The molecule has 0 heterocycles. The molecular formula is C12H16BrN3O2. The van der Waals surface area contributed by atoms with Crippen LogP contribution in [0, 0.1) is 5.92 Å². The first kappa shape index (κ1) is 14.5. The van der Waals surface area contributed by atoms with Crippen LogP contribution >= 0.6 is 15.9 Å². The zero-order valence-corrected chi connectivity index (χ0v) is 11.9. The van der Waals surface area contributed by atoms with E-state index in [1.165, 1.54) is 0 Å². The lowest BCUT2D eigenvalue weighted by atomic mass is 10.1. The van der Waals surface area contributed by atoms with Crippen molar-refractivity contribution < 1.29 is 10.0 Å². The average Bonchev–Trinajstić information content (AvgIpc) is 2.38. The Hall–Kier alpha value is -1.56. The molecule has 6 heteroatoms. The van der Waals surface area contributed by atoms with Crippen LogP contribution in [-0.4, -0.2) is 28.9 Å². The van der Waals surface area contributed by atoms with E-state index < -0.39 is 5.92 Å². The quantitative estimate of drug-likeness (QED) is 0.385. The Labute approximate surface area is 114 Å². The van der Waals surface area contributed by atoms with Crippen LogP contribution in [0.25, 0.3) is 0 Å². The molecule has 0 radical (unpaired) electrons. The minimum atomic E-state index is -0.637. The molecule has 0 saturated heterocycles. The number of rotatable bonds is 4. The van der Waals surface area contributed by atoms with E-state index in [2.05, 4.69) is 21.1 Å². The zero-order valence-electron chi connectivity index (χ0n) is 10.3. The second-order valence-corrected chi connectivity index (χ2v) is 4.89. The third-order valence-corrected chi connectivity index (χ3v) is 3.44. The standard InChI is InChI=1S/C12H16BrN3O2/c1-8(11(14)15-18)12(17)16(2)7-9-5-3-4-6-10(9)13/h3-6,8,18H,7H2,1-2H3,(H2,14,15). The van der Waals surface area contributed by atoms with Gasteiger partial charge in [-0.3, -0.25) is 4.79 Å². The number of carbonyl (C=O) groups excluding carboxylic acids is 1. The molecule has 0 fully saturated rings. The first-order chi connectivity index (χ1) is 8.47. The van der Waals surface area contributed by atoms with Gasteiger partial charge in [0.05, 0.1) is 5.92 Å². The molecule has 0 aliphatic heterocycles. The number of amidine groups is 1. The number of halogens is 1. The topological polar surface area (TPSA) is 78.9 Å². The van der Waals surface area contributed by atoms with Crippen molar-refractivity contribution in [1.82, 2.24) is 4.90 Å². The van der Waals surface area contributed by atoms with Crippen molar-refractivity contribution in [2.75, 3.05) is 7.05 Å². The number of amides is 1. The van der Waals surface area contributed by atoms with E-state index in [1.807, 2.05) is 24.3 Å². The third-order valence-electron chi connectivity index (χ3n) is 2.67. The van der Waals surface area contributed by atoms with Gasteiger partial charge in [0.15, 0.2) is 5.84 Å². The predicted octanol–water partition coefficient (Wildman–Crippen LogP) is 1.79. The molecule has 1 atom stereocenters. The Morgan fingerprint density at radius 1 is 1.56 bits per heavy atom. The van der Waals surface area contributed by atoms with E-state index >= 15 is 0 Å². The Bertz CT molecular complexity index is 462. The van der Waals surface area contributed by atoms with Crippen molar-refractivity contribution >= 4 is 27.7 Å². The molecule has 0 aliphatic carbocycles. The van der Waals surface area contributed by atoms with Crippen LogP contribution in [-0.2, 0) is 11.3 Å². The van der Waals surface area contributed by atoms with Gasteiger partial charge in [-0.1, -0.05) is 39.3 Å². The predicted molar refractivity (Wildman–Crippen MR) is 73.2 cm³/mol. The smallest absolute Gasteiger partial charge is 0.233 e. The normalized spacial score (nSPS) is 13.2. The molecule has 0 bridgehead atoms. The fraction of sp³-hybridized carbons (Fsp3) is 0.333. The maximum absolute atomic E-state index is 12.0. The fourth-order valence-corrected chi connectivity index (χ4v) is 1.91. The van der Waals surface area contributed by atoms with Crippen LogP contribution in [0.15, 0.2) is 33.9 Å². The first-order valence-electron chi connectivity index (χ1n) is 5.43. The maximum Gasteiger partial charge on any atom is 0.233 e. The number of carbonyl (C=O) groups is 1. The number of hydrogen-bond donors (Lipinski definition) is 2. The van der Waals surface area contributed by atoms with Gasteiger partial charge in [0, 0.05) is 18.1 Å². The van der Waals surface area contributed by atoms with Crippen molar-refractivity contribution in [3.05, 3.63) is 34.3 Å². The van der Waals surface area contributed by atoms with E-state index in [9.17, 15) is 4.79 Å². The molecule has 3 N–H and O–H groups in total. The number of oxime groups is 1. The SMILES string of the molecule is CC(C(=O)N(C)Cc1ccccc1Br)/C(N)=N/O. The summed E-state index contributed by atoms with van der Waals surface area (Å²) < 4.78 is 0.945. The van der Waals surface area contributed by atoms with Crippen molar-refractivity contribution in [1.29, 1.82) is 0 Å². The van der Waals surface area contributed by atoms with Gasteiger partial charge >= 0.3 is 0 Å². The average molecular weight is 314 g/mol. The van der Waals surface area contributed by atoms with Crippen molar-refractivity contribution in [3.8, 4) is 0 Å². The highest BCUT2D eigenvalue weighted by Crippen LogP contribution is 2.18. The number of benzene rings is 1. The second kappa shape index (κ2) is 6.39. The zero-order chi connectivity index (χ0) is 13.7. The summed E-state index contributed by atoms with van der Waals surface area (Å²) >= 11 is 3.43. The summed E-state index contributed by atoms with van der Waals surface area (Å²) in [6.45, 7) is 2.07. The van der Waals surface area contributed by atoms with Crippen molar-refractivity contribution in [2.45, 2.75) is 13.5 Å². The molecule has 1 aromatic carbocycles. The summed E-state index contributed by atoms with van der Waals surface area (Å²) in [6, 6.07) is 7.67. The third kappa shape index (κ3) is 3.46. The van der Waals surface area contributed by atoms with Crippen molar-refractivity contribution in [3.63, 3.8) is 0 Å². The van der Waals surface area contributed by atoms with Crippen LogP contribution in [0.1, 0.15) is 12.5 Å². The van der Waals surface area contributed by atoms with E-state index in [1.54, 1.807) is 18.9 Å². The lowest BCUT2D eigenvalue weighted by molar-refractivity contribution is -0.132. The summed E-state index contributed by atoms with van der Waals surface area (Å²) in [5.74, 6) is -0.914. The molecule has 0 aliphatic rings. The highest BCUT2D eigenvalue weighted by atomic mass is 79.9. The van der Waals surface area contributed by atoms with Gasteiger partial charge in [-0.15, -0.1) is 0 Å². The Kier molecular flexibility index (Phi) is 5.15. The lowest BCUT2D eigenvalue weighted by Crippen LogP contribution is -2.38. The van der Waals surface area contributed by atoms with Crippen LogP contribution < -0.4 is 5.73 Å². The molecule has 1 unspecified atom stereocenters. The number of nitrogens with zero attached hydrogens (tertiary/aromatic N) is 2. The summed E-state index contributed by atoms with van der Waals surface area (Å²) in [6.07, 6.45) is 0. The molecule has 0 spiro atoms. The molecule has 18 heavy (non-hydrogen) atoms. The van der Waals surface area contributed by atoms with E-state index in [-0.39, 0.29) is 11.7 Å². The van der Waals surface area contributed by atoms with Crippen LogP contribution in [0.3, 0.4) is 0 Å². The molecule has 0 saturated carbocycles. The highest BCUT2D eigenvalue weighted by molar-refractivity contribution is 9.10. The minimum absolute atomic E-state index is 0.0843.